The van der Waals surface area contributed by atoms with Gasteiger partial charge in [0, 0.05) is 28.4 Å². The minimum atomic E-state index is -0.459. The van der Waals surface area contributed by atoms with Crippen LogP contribution in [0.4, 0.5) is 5.00 Å². The van der Waals surface area contributed by atoms with Crippen molar-refractivity contribution in [1.82, 2.24) is 4.57 Å². The van der Waals surface area contributed by atoms with Gasteiger partial charge in [-0.3, -0.25) is 4.79 Å². The summed E-state index contributed by atoms with van der Waals surface area (Å²) in [7, 11) is 1.38. The van der Waals surface area contributed by atoms with E-state index in [4.69, 9.17) is 4.74 Å². The highest BCUT2D eigenvalue weighted by Crippen LogP contribution is 2.38. The van der Waals surface area contributed by atoms with E-state index in [1.54, 1.807) is 6.08 Å². The lowest BCUT2D eigenvalue weighted by Crippen LogP contribution is -2.19. The van der Waals surface area contributed by atoms with Crippen molar-refractivity contribution in [3.8, 4) is 11.1 Å². The minimum absolute atomic E-state index is 0.254. The first-order valence-electron chi connectivity index (χ1n) is 13.2. The van der Waals surface area contributed by atoms with Crippen LogP contribution in [0, 0.1) is 6.92 Å². The molecule has 38 heavy (non-hydrogen) atoms. The maximum absolute atomic E-state index is 13.8. The summed E-state index contributed by atoms with van der Waals surface area (Å²) in [5.41, 5.74) is 8.58. The number of amides is 1. The quantitative estimate of drug-likeness (QED) is 0.197. The first kappa shape index (κ1) is 26.0. The van der Waals surface area contributed by atoms with E-state index in [1.165, 1.54) is 48.0 Å². The van der Waals surface area contributed by atoms with Crippen molar-refractivity contribution in [3.05, 3.63) is 87.9 Å². The third-order valence-corrected chi connectivity index (χ3v) is 8.50. The average Bonchev–Trinajstić information content (AvgIpc) is 3.46. The van der Waals surface area contributed by atoms with Gasteiger partial charge in [0.1, 0.15) is 16.3 Å². The Kier molecular flexibility index (Phi) is 7.26. The molecule has 1 aliphatic carbocycles. The molecular weight excluding hydrogens is 492 g/mol. The number of thiophene rings is 1. The molecule has 0 aliphatic heterocycles. The summed E-state index contributed by atoms with van der Waals surface area (Å²) in [5.74, 6) is -0.329. The molecule has 2 heterocycles. The molecule has 2 aromatic heterocycles. The monoisotopic (exact) mass is 526 g/mol. The van der Waals surface area contributed by atoms with Crippen LogP contribution >= 0.6 is 11.3 Å². The molecule has 0 bridgehead atoms. The molecule has 1 aliphatic rings. The number of hydrogen-bond donors (Lipinski definition) is 1. The van der Waals surface area contributed by atoms with E-state index in [-0.39, 0.29) is 5.91 Å². The maximum Gasteiger partial charge on any atom is 0.341 e. The van der Waals surface area contributed by atoms with Crippen molar-refractivity contribution < 1.29 is 14.3 Å². The van der Waals surface area contributed by atoms with Crippen LogP contribution in [0.1, 0.15) is 75.7 Å². The summed E-state index contributed by atoms with van der Waals surface area (Å²) in [5, 5.41) is 6.54. The number of allylic oxidation sites excluding steroid dienone is 1. The Hall–Kier alpha value is -3.64. The normalized spacial score (nSPS) is 13.0. The predicted octanol–water partition coefficient (Wildman–Crippen LogP) is 7.91. The number of hydrogen-bond acceptors (Lipinski definition) is 4. The Balaban J connectivity index is 1.56. The van der Waals surface area contributed by atoms with Gasteiger partial charge in [0.15, 0.2) is 0 Å². The second kappa shape index (κ2) is 10.6. The van der Waals surface area contributed by atoms with Crippen LogP contribution in [-0.4, -0.2) is 23.6 Å². The lowest BCUT2D eigenvalue weighted by molar-refractivity contribution is 0.0603. The molecule has 0 saturated carbocycles. The first-order chi connectivity index (χ1) is 18.3. The van der Waals surface area contributed by atoms with Crippen molar-refractivity contribution in [1.29, 1.82) is 0 Å². The van der Waals surface area contributed by atoms with Crippen LogP contribution < -0.4 is 5.32 Å². The molecule has 0 radical (unpaired) electrons. The molecule has 2 aromatic carbocycles. The maximum atomic E-state index is 13.8. The van der Waals surface area contributed by atoms with Gasteiger partial charge in [-0.25, -0.2) is 4.79 Å². The molecule has 5 rings (SSSR count). The number of anilines is 1. The SMILES string of the molecule is C=CCn1c(C(=O)Nc2scc(-c3ccc4c(c3)CCCC4)c2C(=O)OC)c(C)c2cc(C(C)C)ccc21. The number of nitrogens with one attached hydrogen (secondary N) is 1. The highest BCUT2D eigenvalue weighted by atomic mass is 32.1. The lowest BCUT2D eigenvalue weighted by atomic mass is 9.89. The number of nitrogens with zero attached hydrogens (tertiary/aromatic N) is 1. The topological polar surface area (TPSA) is 60.3 Å². The van der Waals surface area contributed by atoms with Crippen LogP contribution in [-0.2, 0) is 24.1 Å². The van der Waals surface area contributed by atoms with Gasteiger partial charge < -0.3 is 14.6 Å². The summed E-state index contributed by atoms with van der Waals surface area (Å²) < 4.78 is 7.16. The molecule has 1 N–H and O–H groups in total. The van der Waals surface area contributed by atoms with Crippen LogP contribution in [0.2, 0.25) is 0 Å². The zero-order valence-electron chi connectivity index (χ0n) is 22.5. The first-order valence-corrected chi connectivity index (χ1v) is 14.1. The van der Waals surface area contributed by atoms with Gasteiger partial charge in [-0.05, 0) is 78.5 Å². The number of rotatable bonds is 7. The van der Waals surface area contributed by atoms with Gasteiger partial charge in [-0.1, -0.05) is 44.2 Å². The summed E-state index contributed by atoms with van der Waals surface area (Å²) in [6.07, 6.45) is 6.35. The van der Waals surface area contributed by atoms with Gasteiger partial charge in [-0.15, -0.1) is 17.9 Å². The van der Waals surface area contributed by atoms with E-state index in [0.717, 1.165) is 40.4 Å². The van der Waals surface area contributed by atoms with Crippen molar-refractivity contribution in [2.75, 3.05) is 12.4 Å². The molecule has 0 atom stereocenters. The second-order valence-electron chi connectivity index (χ2n) is 10.3. The molecule has 4 aromatic rings. The Labute approximate surface area is 228 Å². The number of esters is 1. The Bertz CT molecular complexity index is 1560. The van der Waals surface area contributed by atoms with E-state index in [1.807, 2.05) is 16.9 Å². The third-order valence-electron chi connectivity index (χ3n) is 7.60. The zero-order chi connectivity index (χ0) is 27.0. The van der Waals surface area contributed by atoms with Gasteiger partial charge in [0.25, 0.3) is 5.91 Å². The fourth-order valence-corrected chi connectivity index (χ4v) is 6.49. The molecule has 196 valence electrons. The highest BCUT2D eigenvalue weighted by molar-refractivity contribution is 7.15. The van der Waals surface area contributed by atoms with E-state index in [2.05, 4.69) is 62.1 Å². The molecule has 0 saturated heterocycles. The number of benzene rings is 2. The molecular formula is C32H34N2O3S. The Morgan fingerprint density at radius 1 is 1.13 bits per heavy atom. The number of aryl methyl sites for hydroxylation is 3. The number of fused-ring (bicyclic) bond motifs is 2. The molecule has 1 amide bonds. The summed E-state index contributed by atoms with van der Waals surface area (Å²) in [6.45, 7) is 10.7. The summed E-state index contributed by atoms with van der Waals surface area (Å²) in [6, 6.07) is 12.8. The summed E-state index contributed by atoms with van der Waals surface area (Å²) in [4.78, 5) is 26.8. The van der Waals surface area contributed by atoms with Gasteiger partial charge in [-0.2, -0.15) is 0 Å². The fourth-order valence-electron chi connectivity index (χ4n) is 5.54. The molecule has 6 heteroatoms. The van der Waals surface area contributed by atoms with Crippen LogP contribution in [0.5, 0.6) is 0 Å². The number of carbonyl (C=O) groups excluding carboxylic acids is 2. The minimum Gasteiger partial charge on any atom is -0.465 e. The molecule has 5 nitrogen and oxygen atoms in total. The molecule has 0 unspecified atom stereocenters. The number of carbonyl (C=O) groups is 2. The van der Waals surface area contributed by atoms with Crippen LogP contribution in [0.15, 0.2) is 54.4 Å². The highest BCUT2D eigenvalue weighted by Gasteiger charge is 2.26. The van der Waals surface area contributed by atoms with E-state index in [0.29, 0.717) is 28.7 Å². The van der Waals surface area contributed by atoms with E-state index >= 15 is 0 Å². The Morgan fingerprint density at radius 3 is 2.61 bits per heavy atom. The van der Waals surface area contributed by atoms with Crippen molar-refractivity contribution in [2.24, 2.45) is 0 Å². The van der Waals surface area contributed by atoms with Crippen molar-refractivity contribution in [3.63, 3.8) is 0 Å². The standard InChI is InChI=1S/C32H34N2O3S/c1-6-15-34-27-14-13-22(19(2)3)17-25(27)20(4)29(34)30(35)33-31-28(32(36)37-5)26(18-38-31)24-12-11-21-9-7-8-10-23(21)16-24/h6,11-14,16-19H,1,7-10,15H2,2-5H3,(H,33,35). The smallest absolute Gasteiger partial charge is 0.341 e. The fraction of sp³-hybridized carbons (Fsp3) is 0.312. The second-order valence-corrected chi connectivity index (χ2v) is 11.2. The molecule has 0 spiro atoms. The number of ether oxygens (including phenoxy) is 1. The van der Waals surface area contributed by atoms with Crippen LogP contribution in [0.3, 0.4) is 0 Å². The third kappa shape index (κ3) is 4.58. The lowest BCUT2D eigenvalue weighted by Gasteiger charge is -2.17. The van der Waals surface area contributed by atoms with E-state index < -0.39 is 5.97 Å². The van der Waals surface area contributed by atoms with E-state index in [9.17, 15) is 9.59 Å². The molecule has 0 fully saturated rings. The average molecular weight is 527 g/mol. The van der Waals surface area contributed by atoms with Gasteiger partial charge >= 0.3 is 5.97 Å². The largest absolute Gasteiger partial charge is 0.465 e. The summed E-state index contributed by atoms with van der Waals surface area (Å²) >= 11 is 1.35. The number of aromatic nitrogens is 1. The zero-order valence-corrected chi connectivity index (χ0v) is 23.3. The van der Waals surface area contributed by atoms with Crippen molar-refractivity contribution >= 4 is 39.1 Å². The number of methoxy groups -OCH3 is 1. The van der Waals surface area contributed by atoms with Crippen molar-refractivity contribution in [2.45, 2.75) is 58.9 Å². The van der Waals surface area contributed by atoms with Crippen LogP contribution in [0.25, 0.3) is 22.0 Å². The Morgan fingerprint density at radius 2 is 1.89 bits per heavy atom. The predicted molar refractivity (Wildman–Crippen MR) is 157 cm³/mol. The van der Waals surface area contributed by atoms with Gasteiger partial charge in [0.05, 0.1) is 7.11 Å². The van der Waals surface area contributed by atoms with Gasteiger partial charge in [0.2, 0.25) is 0 Å².